The molecule has 1 heterocycles. The number of thioether (sulfide) groups is 1. The molecule has 2 aliphatic carbocycles. The smallest absolute Gasteiger partial charge is 0.348 e. The summed E-state index contributed by atoms with van der Waals surface area (Å²) in [6, 6.07) is 0.373. The second kappa shape index (κ2) is 9.04. The van der Waals surface area contributed by atoms with Crippen molar-refractivity contribution in [1.82, 2.24) is 19.8 Å². The predicted octanol–water partition coefficient (Wildman–Crippen LogP) is 1.83. The molecule has 3 rings (SSSR count). The van der Waals surface area contributed by atoms with Crippen molar-refractivity contribution in [3.05, 3.63) is 21.7 Å². The summed E-state index contributed by atoms with van der Waals surface area (Å²) in [5.74, 6) is 0.397. The van der Waals surface area contributed by atoms with Gasteiger partial charge in [0.2, 0.25) is 5.91 Å². The molecular formula is C19H30N4O2S. The number of rotatable bonds is 9. The summed E-state index contributed by atoms with van der Waals surface area (Å²) >= 11 is 1.42. The Morgan fingerprint density at radius 2 is 2.00 bits per heavy atom. The first-order valence-corrected chi connectivity index (χ1v) is 10.9. The van der Waals surface area contributed by atoms with Crippen LogP contribution in [-0.4, -0.2) is 51.8 Å². The number of carbonyl (C=O) groups excluding carboxylic acids is 1. The topological polar surface area (TPSA) is 67.2 Å². The van der Waals surface area contributed by atoms with E-state index in [-0.39, 0.29) is 11.6 Å². The minimum absolute atomic E-state index is 0.0505. The molecule has 1 N–H and O–H groups in total. The van der Waals surface area contributed by atoms with E-state index in [1.807, 2.05) is 4.57 Å². The molecule has 0 unspecified atom stereocenters. The number of carbonyl (C=O) groups is 1. The third-order valence-electron chi connectivity index (χ3n) is 5.27. The number of hydrogen-bond donors (Lipinski definition) is 1. The molecule has 1 saturated carbocycles. The number of fused-ring (bicyclic) bond motifs is 1. The fourth-order valence-corrected chi connectivity index (χ4v) is 4.40. The van der Waals surface area contributed by atoms with Gasteiger partial charge in [0.15, 0.2) is 0 Å². The van der Waals surface area contributed by atoms with Crippen LogP contribution in [0.3, 0.4) is 0 Å². The van der Waals surface area contributed by atoms with E-state index < -0.39 is 0 Å². The minimum Gasteiger partial charge on any atom is -0.353 e. The summed E-state index contributed by atoms with van der Waals surface area (Å²) in [5, 5.41) is 3.77. The molecule has 1 aromatic heterocycles. The highest BCUT2D eigenvalue weighted by atomic mass is 32.2. The average molecular weight is 379 g/mol. The van der Waals surface area contributed by atoms with E-state index in [1.54, 1.807) is 0 Å². The highest BCUT2D eigenvalue weighted by molar-refractivity contribution is 7.99. The van der Waals surface area contributed by atoms with E-state index in [0.29, 0.717) is 18.3 Å². The summed E-state index contributed by atoms with van der Waals surface area (Å²) < 4.78 is 1.88. The highest BCUT2D eigenvalue weighted by Crippen LogP contribution is 2.28. The molecule has 0 spiro atoms. The maximum absolute atomic E-state index is 12.7. The van der Waals surface area contributed by atoms with Crippen molar-refractivity contribution in [2.75, 3.05) is 25.4 Å². The summed E-state index contributed by atoms with van der Waals surface area (Å²) in [4.78, 5) is 31.3. The molecule has 0 atom stereocenters. The first-order valence-electron chi connectivity index (χ1n) is 9.89. The monoisotopic (exact) mass is 378 g/mol. The normalized spacial score (nSPS) is 16.6. The number of aromatic nitrogens is 2. The molecule has 1 aromatic rings. The lowest BCUT2D eigenvalue weighted by Crippen LogP contribution is -2.35. The van der Waals surface area contributed by atoms with Gasteiger partial charge in [0.05, 0.1) is 5.75 Å². The van der Waals surface area contributed by atoms with Crippen LogP contribution in [0.25, 0.3) is 0 Å². The van der Waals surface area contributed by atoms with E-state index in [2.05, 4.69) is 29.0 Å². The molecule has 144 valence electrons. The molecule has 0 saturated heterocycles. The lowest BCUT2D eigenvalue weighted by molar-refractivity contribution is -0.118. The van der Waals surface area contributed by atoms with E-state index in [1.165, 1.54) is 17.3 Å². The van der Waals surface area contributed by atoms with Gasteiger partial charge in [0, 0.05) is 30.4 Å². The molecule has 1 amide bonds. The van der Waals surface area contributed by atoms with Gasteiger partial charge in [-0.3, -0.25) is 9.36 Å². The van der Waals surface area contributed by atoms with E-state index >= 15 is 0 Å². The van der Waals surface area contributed by atoms with E-state index in [9.17, 15) is 9.59 Å². The third kappa shape index (κ3) is 4.88. The van der Waals surface area contributed by atoms with Crippen LogP contribution in [0.5, 0.6) is 0 Å². The first-order chi connectivity index (χ1) is 12.6. The van der Waals surface area contributed by atoms with Crippen molar-refractivity contribution < 1.29 is 4.79 Å². The maximum atomic E-state index is 12.7. The number of nitrogens with one attached hydrogen (secondary N) is 1. The Kier molecular flexibility index (Phi) is 6.75. The quantitative estimate of drug-likeness (QED) is 0.525. The molecule has 0 bridgehead atoms. The zero-order valence-electron chi connectivity index (χ0n) is 15.9. The fourth-order valence-electron chi connectivity index (χ4n) is 3.51. The van der Waals surface area contributed by atoms with Crippen LogP contribution in [0.15, 0.2) is 9.82 Å². The van der Waals surface area contributed by atoms with Gasteiger partial charge in [0.1, 0.15) is 5.03 Å². The van der Waals surface area contributed by atoms with Gasteiger partial charge in [-0.05, 0) is 51.6 Å². The average Bonchev–Trinajstić information content (AvgIpc) is 3.46. The van der Waals surface area contributed by atoms with Crippen molar-refractivity contribution in [3.63, 3.8) is 0 Å². The van der Waals surface area contributed by atoms with Gasteiger partial charge >= 0.3 is 5.69 Å². The Bertz CT molecular complexity index is 696. The van der Waals surface area contributed by atoms with Crippen LogP contribution in [0, 0.1) is 0 Å². The van der Waals surface area contributed by atoms with Gasteiger partial charge in [-0.1, -0.05) is 25.6 Å². The van der Waals surface area contributed by atoms with Gasteiger partial charge in [-0.2, -0.15) is 4.98 Å². The van der Waals surface area contributed by atoms with Gasteiger partial charge in [-0.15, -0.1) is 0 Å². The lowest BCUT2D eigenvalue weighted by Gasteiger charge is -2.24. The Morgan fingerprint density at radius 1 is 1.27 bits per heavy atom. The molecule has 2 aliphatic rings. The number of hydrogen-bond acceptors (Lipinski definition) is 5. The largest absolute Gasteiger partial charge is 0.353 e. The van der Waals surface area contributed by atoms with Crippen molar-refractivity contribution in [2.45, 2.75) is 70.0 Å². The number of likely N-dealkylation sites (N-methyl/N-ethyl adjacent to an activating group) is 1. The fraction of sp³-hybridized carbons (Fsp3) is 0.737. The van der Waals surface area contributed by atoms with Crippen LogP contribution in [0.1, 0.15) is 50.8 Å². The molecule has 0 aromatic carbocycles. The van der Waals surface area contributed by atoms with Crippen LogP contribution in [0.4, 0.5) is 0 Å². The second-order valence-corrected chi connectivity index (χ2v) is 8.10. The van der Waals surface area contributed by atoms with Crippen LogP contribution in [-0.2, 0) is 24.2 Å². The molecule has 26 heavy (non-hydrogen) atoms. The number of nitrogens with zero attached hydrogens (tertiary/aromatic N) is 3. The summed E-state index contributed by atoms with van der Waals surface area (Å²) in [6.45, 7) is 7.84. The SMILES string of the molecule is CCN(CC)CCn1c2c(c(SCC(=O)NC3CC3)nc1=O)CCCC2. The Balaban J connectivity index is 1.75. The summed E-state index contributed by atoms with van der Waals surface area (Å²) in [6.07, 6.45) is 6.33. The minimum atomic E-state index is -0.164. The Labute approximate surface area is 159 Å². The van der Waals surface area contributed by atoms with E-state index in [4.69, 9.17) is 0 Å². The first kappa shape index (κ1) is 19.4. The van der Waals surface area contributed by atoms with E-state index in [0.717, 1.165) is 68.9 Å². The van der Waals surface area contributed by atoms with Crippen LogP contribution < -0.4 is 11.0 Å². The summed E-state index contributed by atoms with van der Waals surface area (Å²) in [7, 11) is 0. The molecule has 6 nitrogen and oxygen atoms in total. The van der Waals surface area contributed by atoms with Crippen molar-refractivity contribution >= 4 is 17.7 Å². The second-order valence-electron chi connectivity index (χ2n) is 7.14. The van der Waals surface area contributed by atoms with Crippen molar-refractivity contribution in [3.8, 4) is 0 Å². The molecule has 0 radical (unpaired) electrons. The zero-order chi connectivity index (χ0) is 18.5. The van der Waals surface area contributed by atoms with Crippen LogP contribution >= 0.6 is 11.8 Å². The van der Waals surface area contributed by atoms with Crippen molar-refractivity contribution in [2.24, 2.45) is 0 Å². The lowest BCUT2D eigenvalue weighted by atomic mass is 9.97. The predicted molar refractivity (Wildman–Crippen MR) is 105 cm³/mol. The molecule has 7 heteroatoms. The van der Waals surface area contributed by atoms with Gasteiger partial charge in [-0.25, -0.2) is 4.79 Å². The summed E-state index contributed by atoms with van der Waals surface area (Å²) in [5.41, 5.74) is 2.18. The van der Waals surface area contributed by atoms with Gasteiger partial charge < -0.3 is 10.2 Å². The third-order valence-corrected chi connectivity index (χ3v) is 6.29. The molecule has 1 fully saturated rings. The zero-order valence-corrected chi connectivity index (χ0v) is 16.7. The maximum Gasteiger partial charge on any atom is 0.348 e. The molecule has 0 aliphatic heterocycles. The standard InChI is InChI=1S/C19H30N4O2S/c1-3-22(4-2)11-12-23-16-8-6-5-7-15(16)18(21-19(23)25)26-13-17(24)20-14-9-10-14/h14H,3-13H2,1-2H3,(H,20,24). The Morgan fingerprint density at radius 3 is 2.69 bits per heavy atom. The Hall–Kier alpha value is -1.34. The molecular weight excluding hydrogens is 348 g/mol. The van der Waals surface area contributed by atoms with Crippen molar-refractivity contribution in [1.29, 1.82) is 0 Å². The van der Waals surface area contributed by atoms with Crippen LogP contribution in [0.2, 0.25) is 0 Å². The highest BCUT2D eigenvalue weighted by Gasteiger charge is 2.24. The number of amides is 1. The van der Waals surface area contributed by atoms with Gasteiger partial charge in [0.25, 0.3) is 0 Å².